The molecule has 3 rings (SSSR count). The van der Waals surface area contributed by atoms with Crippen LogP contribution in [0.5, 0.6) is 0 Å². The molecule has 0 saturated heterocycles. The average Bonchev–Trinajstić information content (AvgIpc) is 3.14. The van der Waals surface area contributed by atoms with Crippen molar-refractivity contribution in [2.45, 2.75) is 19.6 Å². The molecule has 28 heavy (non-hydrogen) atoms. The van der Waals surface area contributed by atoms with E-state index in [-0.39, 0.29) is 18.1 Å². The van der Waals surface area contributed by atoms with Crippen LogP contribution in [0.2, 0.25) is 10.0 Å². The van der Waals surface area contributed by atoms with Crippen LogP contribution < -0.4 is 5.32 Å². The average molecular weight is 432 g/mol. The van der Waals surface area contributed by atoms with E-state index in [4.69, 9.17) is 23.2 Å². The van der Waals surface area contributed by atoms with Gasteiger partial charge in [0, 0.05) is 40.5 Å². The van der Waals surface area contributed by atoms with E-state index in [1.807, 2.05) is 0 Å². The Balaban J connectivity index is 1.79. The second kappa shape index (κ2) is 7.48. The molecule has 1 amide bonds. The van der Waals surface area contributed by atoms with Crippen molar-refractivity contribution in [2.24, 2.45) is 7.05 Å². The highest BCUT2D eigenvalue weighted by Gasteiger charge is 2.35. The summed E-state index contributed by atoms with van der Waals surface area (Å²) in [5.74, 6) is -0.628. The van der Waals surface area contributed by atoms with Crippen LogP contribution in [0.3, 0.4) is 0 Å². The molecule has 6 nitrogen and oxygen atoms in total. The predicted molar refractivity (Wildman–Crippen MR) is 98.7 cm³/mol. The van der Waals surface area contributed by atoms with Gasteiger partial charge in [0.15, 0.2) is 11.5 Å². The first-order chi connectivity index (χ1) is 13.1. The smallest absolute Gasteiger partial charge is 0.304 e. The van der Waals surface area contributed by atoms with Crippen molar-refractivity contribution in [2.75, 3.05) is 5.32 Å². The standard InChI is InChI=1S/C17H14Cl2F3N5O/c1-9-6-15(25-27(9)8-10-11(18)4-3-5-12(10)19)23-16(28)13-7-14(17(20,21)22)26(2)24-13/h3-7H,8H2,1-2H3,(H,23,25,28). The third kappa shape index (κ3) is 4.15. The molecule has 148 valence electrons. The van der Waals surface area contributed by atoms with Crippen molar-refractivity contribution in [1.29, 1.82) is 0 Å². The molecule has 3 aromatic rings. The second-order valence-corrected chi connectivity index (χ2v) is 6.83. The maximum absolute atomic E-state index is 12.9. The first kappa shape index (κ1) is 20.2. The first-order valence-corrected chi connectivity index (χ1v) is 8.72. The van der Waals surface area contributed by atoms with E-state index in [1.165, 1.54) is 0 Å². The molecule has 2 heterocycles. The van der Waals surface area contributed by atoms with Crippen LogP contribution in [0.25, 0.3) is 0 Å². The van der Waals surface area contributed by atoms with Crippen molar-refractivity contribution in [1.82, 2.24) is 19.6 Å². The highest BCUT2D eigenvalue weighted by atomic mass is 35.5. The summed E-state index contributed by atoms with van der Waals surface area (Å²) in [6, 6.07) is 7.38. The topological polar surface area (TPSA) is 64.7 Å². The molecule has 11 heteroatoms. The summed E-state index contributed by atoms with van der Waals surface area (Å²) in [5.41, 5.74) is -0.0263. The Morgan fingerprint density at radius 2 is 1.82 bits per heavy atom. The molecular weight excluding hydrogens is 418 g/mol. The number of aromatic nitrogens is 4. The van der Waals surface area contributed by atoms with E-state index in [2.05, 4.69) is 15.5 Å². The number of amides is 1. The normalized spacial score (nSPS) is 11.7. The lowest BCUT2D eigenvalue weighted by Crippen LogP contribution is -2.14. The van der Waals surface area contributed by atoms with Gasteiger partial charge in [-0.05, 0) is 19.1 Å². The van der Waals surface area contributed by atoms with Gasteiger partial charge in [-0.2, -0.15) is 23.4 Å². The van der Waals surface area contributed by atoms with Crippen LogP contribution in [0.1, 0.15) is 27.4 Å². The number of halogens is 5. The van der Waals surface area contributed by atoms with Gasteiger partial charge in [0.05, 0.1) is 6.54 Å². The maximum atomic E-state index is 12.9. The van der Waals surface area contributed by atoms with Gasteiger partial charge >= 0.3 is 6.18 Å². The number of carbonyl (C=O) groups excluding carboxylic acids is 1. The predicted octanol–water partition coefficient (Wildman–Crippen LogP) is 4.55. The minimum atomic E-state index is -4.60. The zero-order valence-electron chi connectivity index (χ0n) is 14.7. The summed E-state index contributed by atoms with van der Waals surface area (Å²) in [6.07, 6.45) is -4.60. The van der Waals surface area contributed by atoms with Crippen molar-refractivity contribution in [3.05, 3.63) is 63.0 Å². The van der Waals surface area contributed by atoms with Gasteiger partial charge in [-0.1, -0.05) is 29.3 Å². The largest absolute Gasteiger partial charge is 0.433 e. The Morgan fingerprint density at radius 3 is 2.39 bits per heavy atom. The van der Waals surface area contributed by atoms with E-state index in [9.17, 15) is 18.0 Å². The number of carbonyl (C=O) groups is 1. The second-order valence-electron chi connectivity index (χ2n) is 6.02. The Labute approximate surface area is 167 Å². The third-order valence-corrected chi connectivity index (χ3v) is 4.70. The van der Waals surface area contributed by atoms with E-state index >= 15 is 0 Å². The number of alkyl halides is 3. The van der Waals surface area contributed by atoms with Gasteiger partial charge in [0.25, 0.3) is 5.91 Å². The molecule has 0 aliphatic heterocycles. The summed E-state index contributed by atoms with van der Waals surface area (Å²) in [5, 5.41) is 11.2. The van der Waals surface area contributed by atoms with Gasteiger partial charge in [0.2, 0.25) is 0 Å². The first-order valence-electron chi connectivity index (χ1n) is 7.96. The zero-order chi connectivity index (χ0) is 20.6. The highest BCUT2D eigenvalue weighted by molar-refractivity contribution is 6.35. The Hall–Kier alpha value is -2.52. The Kier molecular flexibility index (Phi) is 5.40. The molecule has 1 N–H and O–H groups in total. The molecule has 0 radical (unpaired) electrons. The van der Waals surface area contributed by atoms with Gasteiger partial charge in [0.1, 0.15) is 5.69 Å². The van der Waals surface area contributed by atoms with Gasteiger partial charge in [-0.25, -0.2) is 0 Å². The molecule has 0 fully saturated rings. The fourth-order valence-electron chi connectivity index (χ4n) is 2.59. The minimum Gasteiger partial charge on any atom is -0.304 e. The number of nitrogens with zero attached hydrogens (tertiary/aromatic N) is 4. The Bertz CT molecular complexity index is 1020. The summed E-state index contributed by atoms with van der Waals surface area (Å²) in [7, 11) is 1.12. The van der Waals surface area contributed by atoms with Crippen LogP contribution in [0.15, 0.2) is 30.3 Å². The number of hydrogen-bond donors (Lipinski definition) is 1. The lowest BCUT2D eigenvalue weighted by molar-refractivity contribution is -0.143. The third-order valence-electron chi connectivity index (χ3n) is 4.00. The van der Waals surface area contributed by atoms with Crippen LogP contribution in [-0.4, -0.2) is 25.5 Å². The summed E-state index contributed by atoms with van der Waals surface area (Å²) in [6.45, 7) is 2.03. The van der Waals surface area contributed by atoms with E-state index in [0.29, 0.717) is 32.1 Å². The molecule has 0 aliphatic carbocycles. The van der Waals surface area contributed by atoms with Gasteiger partial charge in [-0.15, -0.1) is 0 Å². The van der Waals surface area contributed by atoms with Crippen molar-refractivity contribution in [3.8, 4) is 0 Å². The number of aryl methyl sites for hydroxylation is 2. The number of nitrogens with one attached hydrogen (secondary N) is 1. The highest BCUT2D eigenvalue weighted by Crippen LogP contribution is 2.29. The van der Waals surface area contributed by atoms with Gasteiger partial charge < -0.3 is 5.32 Å². The quantitative estimate of drug-likeness (QED) is 0.658. The van der Waals surface area contributed by atoms with Crippen molar-refractivity contribution >= 4 is 34.9 Å². The fourth-order valence-corrected chi connectivity index (χ4v) is 3.11. The lowest BCUT2D eigenvalue weighted by atomic mass is 10.2. The monoisotopic (exact) mass is 431 g/mol. The number of benzene rings is 1. The fraction of sp³-hybridized carbons (Fsp3) is 0.235. The number of hydrogen-bond acceptors (Lipinski definition) is 3. The lowest BCUT2D eigenvalue weighted by Gasteiger charge is -2.08. The van der Waals surface area contributed by atoms with Crippen molar-refractivity contribution < 1.29 is 18.0 Å². The summed E-state index contributed by atoms with van der Waals surface area (Å²) >= 11 is 12.3. The van der Waals surface area contributed by atoms with E-state index in [0.717, 1.165) is 7.05 Å². The zero-order valence-corrected chi connectivity index (χ0v) is 16.2. The molecule has 0 unspecified atom stereocenters. The number of anilines is 1. The van der Waals surface area contributed by atoms with Crippen LogP contribution >= 0.6 is 23.2 Å². The SMILES string of the molecule is Cc1cc(NC(=O)c2cc(C(F)(F)F)n(C)n2)nn1Cc1c(Cl)cccc1Cl. The van der Waals surface area contributed by atoms with Crippen LogP contribution in [0.4, 0.5) is 19.0 Å². The molecule has 0 spiro atoms. The molecule has 0 saturated carbocycles. The number of rotatable bonds is 4. The summed E-state index contributed by atoms with van der Waals surface area (Å²) < 4.78 is 40.7. The molecule has 0 aliphatic rings. The molecule has 0 bridgehead atoms. The van der Waals surface area contributed by atoms with Crippen LogP contribution in [-0.2, 0) is 19.8 Å². The van der Waals surface area contributed by atoms with Gasteiger partial charge in [-0.3, -0.25) is 14.2 Å². The van der Waals surface area contributed by atoms with Crippen molar-refractivity contribution in [3.63, 3.8) is 0 Å². The van der Waals surface area contributed by atoms with E-state index in [1.54, 1.807) is 35.9 Å². The molecule has 1 aromatic carbocycles. The molecule has 2 aromatic heterocycles. The van der Waals surface area contributed by atoms with E-state index < -0.39 is 17.8 Å². The summed E-state index contributed by atoms with van der Waals surface area (Å²) in [4.78, 5) is 12.2. The molecular formula is C17H14Cl2F3N5O. The maximum Gasteiger partial charge on any atom is 0.433 e. The molecule has 0 atom stereocenters. The van der Waals surface area contributed by atoms with Crippen LogP contribution in [0, 0.1) is 6.92 Å². The minimum absolute atomic E-state index is 0.171. The Morgan fingerprint density at radius 1 is 1.18 bits per heavy atom.